The molecule has 2 amide bonds. The fraction of sp³-hybridized carbons (Fsp3) is 0.368. The van der Waals surface area contributed by atoms with E-state index in [2.05, 4.69) is 16.5 Å². The summed E-state index contributed by atoms with van der Waals surface area (Å²) in [4.78, 5) is 31.1. The zero-order valence-electron chi connectivity index (χ0n) is 14.9. The Morgan fingerprint density at radius 2 is 2.12 bits per heavy atom. The highest BCUT2D eigenvalue weighted by Crippen LogP contribution is 2.32. The number of amides is 2. The standard InChI is InChI=1S/C19H24N4O2/c1-5-11(2)19(25)23-9-13(10-23)22(4)16-7-6-14(18(20)24)17-15(16)8-12(3)21-17/h5-8,11,13,21H,1,9-10H2,2-4H3,(H2,20,24). The second kappa shape index (κ2) is 6.27. The fourth-order valence-electron chi connectivity index (χ4n) is 3.32. The largest absolute Gasteiger partial charge is 0.367 e. The van der Waals surface area contributed by atoms with Gasteiger partial charge in [-0.05, 0) is 25.1 Å². The minimum Gasteiger partial charge on any atom is -0.367 e. The van der Waals surface area contributed by atoms with Crippen molar-refractivity contribution in [2.45, 2.75) is 19.9 Å². The van der Waals surface area contributed by atoms with Crippen molar-refractivity contribution in [3.63, 3.8) is 0 Å². The molecule has 1 atom stereocenters. The number of aryl methyl sites for hydroxylation is 1. The number of likely N-dealkylation sites (tertiary alicyclic amines) is 1. The second-order valence-electron chi connectivity index (χ2n) is 6.77. The predicted molar refractivity (Wildman–Crippen MR) is 99.7 cm³/mol. The number of benzene rings is 1. The van der Waals surface area contributed by atoms with Crippen LogP contribution in [-0.4, -0.2) is 47.9 Å². The summed E-state index contributed by atoms with van der Waals surface area (Å²) in [6.07, 6.45) is 1.67. The van der Waals surface area contributed by atoms with Gasteiger partial charge in [0, 0.05) is 36.9 Å². The molecule has 132 valence electrons. The van der Waals surface area contributed by atoms with Gasteiger partial charge in [0.2, 0.25) is 5.91 Å². The number of carbonyl (C=O) groups excluding carboxylic acids is 2. The lowest BCUT2D eigenvalue weighted by molar-refractivity contribution is -0.137. The number of nitrogens with two attached hydrogens (primary N) is 1. The second-order valence-corrected chi connectivity index (χ2v) is 6.77. The first-order chi connectivity index (χ1) is 11.8. The quantitative estimate of drug-likeness (QED) is 0.817. The molecule has 0 spiro atoms. The number of rotatable bonds is 5. The lowest BCUT2D eigenvalue weighted by atomic mass is 10.0. The Morgan fingerprint density at radius 1 is 1.44 bits per heavy atom. The Bertz CT molecular complexity index is 848. The molecule has 2 aromatic rings. The van der Waals surface area contributed by atoms with E-state index >= 15 is 0 Å². The monoisotopic (exact) mass is 340 g/mol. The van der Waals surface area contributed by atoms with Crippen LogP contribution in [0.1, 0.15) is 23.0 Å². The summed E-state index contributed by atoms with van der Waals surface area (Å²) in [5.74, 6) is -0.480. The first-order valence-electron chi connectivity index (χ1n) is 8.39. The van der Waals surface area contributed by atoms with Gasteiger partial charge >= 0.3 is 0 Å². The molecular formula is C19H24N4O2. The first kappa shape index (κ1) is 17.1. The Balaban J connectivity index is 1.84. The van der Waals surface area contributed by atoms with Gasteiger partial charge < -0.3 is 20.5 Å². The zero-order chi connectivity index (χ0) is 18.3. The van der Waals surface area contributed by atoms with E-state index in [0.29, 0.717) is 18.7 Å². The van der Waals surface area contributed by atoms with Gasteiger partial charge in [-0.2, -0.15) is 0 Å². The van der Waals surface area contributed by atoms with E-state index in [4.69, 9.17) is 5.73 Å². The van der Waals surface area contributed by atoms with Crippen LogP contribution in [0.2, 0.25) is 0 Å². The van der Waals surface area contributed by atoms with Crippen LogP contribution in [0.3, 0.4) is 0 Å². The molecule has 1 unspecified atom stereocenters. The molecule has 0 bridgehead atoms. The Kier molecular flexibility index (Phi) is 4.29. The normalized spacial score (nSPS) is 15.7. The molecule has 0 saturated carbocycles. The van der Waals surface area contributed by atoms with Crippen LogP contribution in [0.25, 0.3) is 10.9 Å². The summed E-state index contributed by atoms with van der Waals surface area (Å²) in [7, 11) is 2.02. The number of carbonyl (C=O) groups is 2. The molecule has 3 rings (SSSR count). The molecule has 6 heteroatoms. The molecule has 1 aromatic heterocycles. The number of hydrogen-bond acceptors (Lipinski definition) is 3. The molecule has 1 aliphatic rings. The molecule has 0 aliphatic carbocycles. The van der Waals surface area contributed by atoms with Crippen molar-refractivity contribution < 1.29 is 9.59 Å². The van der Waals surface area contributed by atoms with Gasteiger partial charge in [0.05, 0.1) is 23.0 Å². The summed E-state index contributed by atoms with van der Waals surface area (Å²) < 4.78 is 0. The van der Waals surface area contributed by atoms with Crippen LogP contribution in [-0.2, 0) is 4.79 Å². The number of anilines is 1. The Hall–Kier alpha value is -2.76. The van der Waals surface area contributed by atoms with Gasteiger partial charge in [0.25, 0.3) is 5.91 Å². The molecule has 3 N–H and O–H groups in total. The smallest absolute Gasteiger partial charge is 0.250 e. The Labute approximate surface area is 147 Å². The van der Waals surface area contributed by atoms with E-state index in [-0.39, 0.29) is 17.9 Å². The van der Waals surface area contributed by atoms with E-state index in [1.807, 2.05) is 37.9 Å². The first-order valence-corrected chi connectivity index (χ1v) is 8.39. The molecule has 1 aromatic carbocycles. The number of hydrogen-bond donors (Lipinski definition) is 2. The fourth-order valence-corrected chi connectivity index (χ4v) is 3.32. The van der Waals surface area contributed by atoms with Crippen molar-refractivity contribution in [1.82, 2.24) is 9.88 Å². The third-order valence-corrected chi connectivity index (χ3v) is 5.02. The zero-order valence-corrected chi connectivity index (χ0v) is 14.9. The topological polar surface area (TPSA) is 82.4 Å². The van der Waals surface area contributed by atoms with Crippen LogP contribution in [0.5, 0.6) is 0 Å². The van der Waals surface area contributed by atoms with Crippen molar-refractivity contribution >= 4 is 28.4 Å². The van der Waals surface area contributed by atoms with Gasteiger partial charge in [-0.3, -0.25) is 9.59 Å². The van der Waals surface area contributed by atoms with E-state index in [9.17, 15) is 9.59 Å². The lowest BCUT2D eigenvalue weighted by Gasteiger charge is -2.45. The molecule has 1 aliphatic heterocycles. The number of aromatic nitrogens is 1. The predicted octanol–water partition coefficient (Wildman–Crippen LogP) is 2.04. The Morgan fingerprint density at radius 3 is 2.72 bits per heavy atom. The van der Waals surface area contributed by atoms with Crippen LogP contribution < -0.4 is 10.6 Å². The number of nitrogens with zero attached hydrogens (tertiary/aromatic N) is 2. The molecule has 0 radical (unpaired) electrons. The number of fused-ring (bicyclic) bond motifs is 1. The van der Waals surface area contributed by atoms with Gasteiger partial charge in [0.1, 0.15) is 0 Å². The van der Waals surface area contributed by atoms with E-state index in [0.717, 1.165) is 22.3 Å². The summed E-state index contributed by atoms with van der Waals surface area (Å²) in [5.41, 5.74) is 8.74. The van der Waals surface area contributed by atoms with Crippen molar-refractivity contribution in [2.24, 2.45) is 11.7 Å². The van der Waals surface area contributed by atoms with Crippen LogP contribution in [0.15, 0.2) is 30.9 Å². The lowest BCUT2D eigenvalue weighted by Crippen LogP contribution is -2.61. The van der Waals surface area contributed by atoms with Gasteiger partial charge in [-0.15, -0.1) is 6.58 Å². The van der Waals surface area contributed by atoms with Crippen molar-refractivity contribution in [1.29, 1.82) is 0 Å². The van der Waals surface area contributed by atoms with Crippen molar-refractivity contribution in [3.8, 4) is 0 Å². The molecular weight excluding hydrogens is 316 g/mol. The number of primary amides is 1. The van der Waals surface area contributed by atoms with E-state index < -0.39 is 5.91 Å². The molecule has 2 heterocycles. The maximum Gasteiger partial charge on any atom is 0.250 e. The number of likely N-dealkylation sites (N-methyl/N-ethyl adjacent to an activating group) is 1. The van der Waals surface area contributed by atoms with Crippen LogP contribution in [0, 0.1) is 12.8 Å². The molecule has 1 saturated heterocycles. The van der Waals surface area contributed by atoms with Gasteiger partial charge in [-0.1, -0.05) is 13.0 Å². The van der Waals surface area contributed by atoms with E-state index in [1.165, 1.54) is 0 Å². The minimum atomic E-state index is -0.445. The molecule has 25 heavy (non-hydrogen) atoms. The number of nitrogens with one attached hydrogen (secondary N) is 1. The van der Waals surface area contributed by atoms with Gasteiger partial charge in [0.15, 0.2) is 0 Å². The highest BCUT2D eigenvalue weighted by atomic mass is 16.2. The average molecular weight is 340 g/mol. The highest BCUT2D eigenvalue weighted by molar-refractivity contribution is 6.08. The summed E-state index contributed by atoms with van der Waals surface area (Å²) >= 11 is 0. The summed E-state index contributed by atoms with van der Waals surface area (Å²) in [6, 6.07) is 5.95. The SMILES string of the molecule is C=CC(C)C(=O)N1CC(N(C)c2ccc(C(N)=O)c3[nH]c(C)cc23)C1. The third kappa shape index (κ3) is 2.88. The average Bonchev–Trinajstić information content (AvgIpc) is 2.91. The molecule has 6 nitrogen and oxygen atoms in total. The maximum atomic E-state index is 12.2. The number of aromatic amines is 1. The van der Waals surface area contributed by atoms with E-state index in [1.54, 1.807) is 12.1 Å². The van der Waals surface area contributed by atoms with Crippen LogP contribution >= 0.6 is 0 Å². The summed E-state index contributed by atoms with van der Waals surface area (Å²) in [6.45, 7) is 8.88. The minimum absolute atomic E-state index is 0.117. The summed E-state index contributed by atoms with van der Waals surface area (Å²) in [5, 5.41) is 0.973. The maximum absolute atomic E-state index is 12.2. The highest BCUT2D eigenvalue weighted by Gasteiger charge is 2.35. The van der Waals surface area contributed by atoms with Gasteiger partial charge in [-0.25, -0.2) is 0 Å². The van der Waals surface area contributed by atoms with Crippen molar-refractivity contribution in [2.75, 3.05) is 25.0 Å². The van der Waals surface area contributed by atoms with Crippen molar-refractivity contribution in [3.05, 3.63) is 42.1 Å². The third-order valence-electron chi connectivity index (χ3n) is 5.02. The number of H-pyrrole nitrogens is 1. The van der Waals surface area contributed by atoms with Crippen LogP contribution in [0.4, 0.5) is 5.69 Å². The molecule has 1 fully saturated rings.